The van der Waals surface area contributed by atoms with E-state index in [-0.39, 0.29) is 22.6 Å². The van der Waals surface area contributed by atoms with Crippen molar-refractivity contribution in [3.63, 3.8) is 0 Å². The lowest BCUT2D eigenvalue weighted by Crippen LogP contribution is -2.38. The number of nitrogens with one attached hydrogen (secondary N) is 2. The van der Waals surface area contributed by atoms with Gasteiger partial charge in [-0.1, -0.05) is 19.3 Å². The number of methoxy groups -OCH3 is 1. The molecule has 1 amide bonds. The van der Waals surface area contributed by atoms with Crippen LogP contribution in [0.2, 0.25) is 0 Å². The second-order valence-electron chi connectivity index (χ2n) is 7.89. The van der Waals surface area contributed by atoms with Gasteiger partial charge in [0.15, 0.2) is 0 Å². The molecule has 168 valence electrons. The van der Waals surface area contributed by atoms with Gasteiger partial charge < -0.3 is 14.8 Å². The van der Waals surface area contributed by atoms with E-state index in [9.17, 15) is 13.2 Å². The van der Waals surface area contributed by atoms with Crippen LogP contribution >= 0.6 is 0 Å². The van der Waals surface area contributed by atoms with Crippen molar-refractivity contribution in [2.75, 3.05) is 46.5 Å². The molecule has 1 saturated carbocycles. The molecule has 1 saturated heterocycles. The number of sulfonamides is 1. The third kappa shape index (κ3) is 6.41. The van der Waals surface area contributed by atoms with Gasteiger partial charge in [0, 0.05) is 31.2 Å². The number of nitrogens with zero attached hydrogens (tertiary/aromatic N) is 1. The molecule has 0 aromatic heterocycles. The number of hydrogen-bond donors (Lipinski definition) is 2. The monoisotopic (exact) mass is 439 g/mol. The fourth-order valence-corrected chi connectivity index (χ4v) is 5.46. The SMILES string of the molecule is COc1ccc(C(=O)NCCCN2CCOCC2)cc1S(=O)(=O)NC1CCCCC1. The number of carbonyl (C=O) groups excluding carboxylic acids is 1. The van der Waals surface area contributed by atoms with Gasteiger partial charge in [-0.15, -0.1) is 0 Å². The molecule has 0 bridgehead atoms. The van der Waals surface area contributed by atoms with Gasteiger partial charge in [0.25, 0.3) is 5.91 Å². The third-order valence-corrected chi connectivity index (χ3v) is 7.22. The van der Waals surface area contributed by atoms with Crippen LogP contribution in [0.15, 0.2) is 23.1 Å². The van der Waals surface area contributed by atoms with Crippen molar-refractivity contribution in [3.05, 3.63) is 23.8 Å². The van der Waals surface area contributed by atoms with Crippen molar-refractivity contribution < 1.29 is 22.7 Å². The summed E-state index contributed by atoms with van der Waals surface area (Å²) in [6.45, 7) is 4.78. The van der Waals surface area contributed by atoms with Gasteiger partial charge in [-0.3, -0.25) is 9.69 Å². The Balaban J connectivity index is 1.60. The van der Waals surface area contributed by atoms with Crippen LogP contribution < -0.4 is 14.8 Å². The summed E-state index contributed by atoms with van der Waals surface area (Å²) in [4.78, 5) is 14.9. The van der Waals surface area contributed by atoms with E-state index in [2.05, 4.69) is 14.9 Å². The molecule has 8 nitrogen and oxygen atoms in total. The Kier molecular flexibility index (Phi) is 8.50. The predicted molar refractivity (Wildman–Crippen MR) is 114 cm³/mol. The van der Waals surface area contributed by atoms with Gasteiger partial charge >= 0.3 is 0 Å². The zero-order chi connectivity index (χ0) is 21.4. The molecule has 1 aromatic rings. The van der Waals surface area contributed by atoms with Crippen molar-refractivity contribution in [1.82, 2.24) is 14.9 Å². The standard InChI is InChI=1S/C21H33N3O5S/c1-28-19-9-8-17(21(25)22-10-5-11-24-12-14-29-15-13-24)16-20(19)30(26,27)23-18-6-3-2-4-7-18/h8-9,16,18,23H,2-7,10-15H2,1H3,(H,22,25). The molecular weight excluding hydrogens is 406 g/mol. The van der Waals surface area contributed by atoms with Gasteiger partial charge in [0.1, 0.15) is 10.6 Å². The minimum absolute atomic E-state index is 0.0107. The number of benzene rings is 1. The lowest BCUT2D eigenvalue weighted by molar-refractivity contribution is 0.0374. The summed E-state index contributed by atoms with van der Waals surface area (Å²) in [5.74, 6) is -0.0454. The molecular formula is C21H33N3O5S. The van der Waals surface area contributed by atoms with E-state index < -0.39 is 10.0 Å². The van der Waals surface area contributed by atoms with Crippen LogP contribution in [0.5, 0.6) is 5.75 Å². The largest absolute Gasteiger partial charge is 0.495 e. The van der Waals surface area contributed by atoms with Gasteiger partial charge in [-0.05, 0) is 44.0 Å². The maximum Gasteiger partial charge on any atom is 0.251 e. The van der Waals surface area contributed by atoms with Crippen molar-refractivity contribution in [2.45, 2.75) is 49.5 Å². The van der Waals surface area contributed by atoms with Crippen molar-refractivity contribution in [2.24, 2.45) is 0 Å². The highest BCUT2D eigenvalue weighted by Crippen LogP contribution is 2.27. The molecule has 0 unspecified atom stereocenters. The lowest BCUT2D eigenvalue weighted by Gasteiger charge is -2.26. The zero-order valence-electron chi connectivity index (χ0n) is 17.7. The number of hydrogen-bond acceptors (Lipinski definition) is 6. The number of rotatable bonds is 9. The van der Waals surface area contributed by atoms with Crippen molar-refractivity contribution in [3.8, 4) is 5.75 Å². The van der Waals surface area contributed by atoms with Crippen molar-refractivity contribution >= 4 is 15.9 Å². The molecule has 1 heterocycles. The first kappa shape index (κ1) is 23.0. The Morgan fingerprint density at radius 1 is 1.20 bits per heavy atom. The van der Waals surface area contributed by atoms with Crippen LogP contribution in [0.1, 0.15) is 48.9 Å². The molecule has 0 radical (unpaired) electrons. The molecule has 3 rings (SSSR count). The Morgan fingerprint density at radius 2 is 1.93 bits per heavy atom. The summed E-state index contributed by atoms with van der Waals surface area (Å²) < 4.78 is 39.3. The van der Waals surface area contributed by atoms with E-state index in [0.717, 1.165) is 71.4 Å². The van der Waals surface area contributed by atoms with Crippen LogP contribution in [0, 0.1) is 0 Å². The first-order valence-corrected chi connectivity index (χ1v) is 12.3. The Morgan fingerprint density at radius 3 is 2.63 bits per heavy atom. The average Bonchev–Trinajstić information content (AvgIpc) is 2.77. The minimum Gasteiger partial charge on any atom is -0.495 e. The highest BCUT2D eigenvalue weighted by molar-refractivity contribution is 7.89. The molecule has 9 heteroatoms. The normalized spacial score (nSPS) is 18.8. The highest BCUT2D eigenvalue weighted by atomic mass is 32.2. The maximum absolute atomic E-state index is 13.0. The molecule has 2 aliphatic rings. The number of amides is 1. The van der Waals surface area contributed by atoms with Crippen LogP contribution in [-0.2, 0) is 14.8 Å². The second kappa shape index (κ2) is 11.1. The molecule has 1 aliphatic carbocycles. The van der Waals surface area contributed by atoms with Gasteiger partial charge in [-0.25, -0.2) is 13.1 Å². The molecule has 30 heavy (non-hydrogen) atoms. The fraction of sp³-hybridized carbons (Fsp3) is 0.667. The third-order valence-electron chi connectivity index (χ3n) is 5.68. The van der Waals surface area contributed by atoms with Gasteiger partial charge in [0.05, 0.1) is 20.3 Å². The summed E-state index contributed by atoms with van der Waals surface area (Å²) in [5, 5.41) is 2.88. The van der Waals surface area contributed by atoms with Gasteiger partial charge in [-0.2, -0.15) is 0 Å². The zero-order valence-corrected chi connectivity index (χ0v) is 18.5. The number of carbonyl (C=O) groups is 1. The first-order chi connectivity index (χ1) is 14.5. The summed E-state index contributed by atoms with van der Waals surface area (Å²) >= 11 is 0. The number of morpholine rings is 1. The van der Waals surface area contributed by atoms with E-state index >= 15 is 0 Å². The lowest BCUT2D eigenvalue weighted by atomic mass is 9.96. The van der Waals surface area contributed by atoms with Crippen molar-refractivity contribution in [1.29, 1.82) is 0 Å². The van der Waals surface area contributed by atoms with E-state index in [0.29, 0.717) is 12.1 Å². The molecule has 0 spiro atoms. The summed E-state index contributed by atoms with van der Waals surface area (Å²) in [6, 6.07) is 4.47. The van der Waals surface area contributed by atoms with Gasteiger partial charge in [0.2, 0.25) is 10.0 Å². The minimum atomic E-state index is -3.77. The second-order valence-corrected chi connectivity index (χ2v) is 9.57. The summed E-state index contributed by atoms with van der Waals surface area (Å²) in [7, 11) is -2.34. The smallest absolute Gasteiger partial charge is 0.251 e. The summed E-state index contributed by atoms with van der Waals surface area (Å²) in [5.41, 5.74) is 0.311. The Hall–Kier alpha value is -1.68. The van der Waals surface area contributed by atoms with Crippen LogP contribution in [0.3, 0.4) is 0 Å². The Labute approximate surface area is 179 Å². The van der Waals surface area contributed by atoms with E-state index in [4.69, 9.17) is 9.47 Å². The van der Waals surface area contributed by atoms with Crippen LogP contribution in [-0.4, -0.2) is 71.8 Å². The topological polar surface area (TPSA) is 97.0 Å². The Bertz CT molecular complexity index is 803. The first-order valence-electron chi connectivity index (χ1n) is 10.8. The predicted octanol–water partition coefficient (Wildman–Crippen LogP) is 1.76. The molecule has 1 aliphatic heterocycles. The molecule has 2 fully saturated rings. The average molecular weight is 440 g/mol. The highest BCUT2D eigenvalue weighted by Gasteiger charge is 2.26. The number of ether oxygens (including phenoxy) is 2. The quantitative estimate of drug-likeness (QED) is 0.569. The molecule has 1 aromatic carbocycles. The van der Waals surface area contributed by atoms with E-state index in [1.807, 2.05) is 0 Å². The maximum atomic E-state index is 13.0. The molecule has 2 N–H and O–H groups in total. The summed E-state index contributed by atoms with van der Waals surface area (Å²) in [6.07, 6.45) is 5.70. The van der Waals surface area contributed by atoms with E-state index in [1.54, 1.807) is 6.07 Å². The fourth-order valence-electron chi connectivity index (χ4n) is 3.96. The molecule has 0 atom stereocenters. The van der Waals surface area contributed by atoms with Crippen LogP contribution in [0.4, 0.5) is 0 Å². The van der Waals surface area contributed by atoms with E-state index in [1.165, 1.54) is 19.2 Å². The van der Waals surface area contributed by atoms with Crippen LogP contribution in [0.25, 0.3) is 0 Å².